The third-order valence-corrected chi connectivity index (χ3v) is 4.29. The second-order valence-corrected chi connectivity index (χ2v) is 6.13. The molecule has 142 valence electrons. The summed E-state index contributed by atoms with van der Waals surface area (Å²) in [5.41, 5.74) is 2.12. The third kappa shape index (κ3) is 3.39. The molecule has 28 heavy (non-hydrogen) atoms. The van der Waals surface area contributed by atoms with Crippen molar-refractivity contribution in [3.63, 3.8) is 0 Å². The van der Waals surface area contributed by atoms with Crippen molar-refractivity contribution in [1.82, 2.24) is 15.0 Å². The summed E-state index contributed by atoms with van der Waals surface area (Å²) < 4.78 is 17.1. The van der Waals surface area contributed by atoms with Crippen molar-refractivity contribution in [2.24, 2.45) is 0 Å². The van der Waals surface area contributed by atoms with Gasteiger partial charge in [-0.2, -0.15) is 0 Å². The zero-order valence-electron chi connectivity index (χ0n) is 15.5. The number of hydrogen-bond acceptors (Lipinski definition) is 7. The minimum Gasteiger partial charge on any atom is -0.493 e. The molecule has 4 rings (SSSR count). The van der Waals surface area contributed by atoms with Crippen molar-refractivity contribution in [3.8, 4) is 23.0 Å². The Morgan fingerprint density at radius 2 is 1.86 bits per heavy atom. The molecule has 4 aromatic rings. The van der Waals surface area contributed by atoms with Crippen LogP contribution in [-0.2, 0) is 0 Å². The fourth-order valence-corrected chi connectivity index (χ4v) is 2.94. The van der Waals surface area contributed by atoms with E-state index in [9.17, 15) is 0 Å². The second-order valence-electron chi connectivity index (χ2n) is 6.13. The maximum Gasteiger partial charge on any atom is 0.163 e. The van der Waals surface area contributed by atoms with Crippen molar-refractivity contribution >= 4 is 21.9 Å². The largest absolute Gasteiger partial charge is 0.493 e. The summed E-state index contributed by atoms with van der Waals surface area (Å²) in [6.45, 7) is 1.98. The molecule has 1 aromatic carbocycles. The molecule has 0 aliphatic heterocycles. The lowest BCUT2D eigenvalue weighted by atomic mass is 10.1. The number of nitrogens with zero attached hydrogens (tertiary/aromatic N) is 3. The van der Waals surface area contributed by atoms with Crippen molar-refractivity contribution in [3.05, 3.63) is 54.5 Å². The monoisotopic (exact) mass is 377 g/mol. The van der Waals surface area contributed by atoms with Gasteiger partial charge in [0.15, 0.2) is 17.1 Å². The summed E-state index contributed by atoms with van der Waals surface area (Å²) in [7, 11) is 1.56. The summed E-state index contributed by atoms with van der Waals surface area (Å²) in [6, 6.07) is 11.1. The van der Waals surface area contributed by atoms with Crippen molar-refractivity contribution < 1.29 is 19.3 Å². The zero-order chi connectivity index (χ0) is 19.5. The van der Waals surface area contributed by atoms with Gasteiger partial charge in [-0.1, -0.05) is 0 Å². The second kappa shape index (κ2) is 7.66. The Hall–Kier alpha value is -3.45. The van der Waals surface area contributed by atoms with Gasteiger partial charge in [0.05, 0.1) is 24.9 Å². The Morgan fingerprint density at radius 3 is 2.68 bits per heavy atom. The number of fused-ring (bicyclic) bond motifs is 2. The van der Waals surface area contributed by atoms with Gasteiger partial charge in [-0.05, 0) is 37.3 Å². The molecule has 0 radical (unpaired) electrons. The molecule has 7 heteroatoms. The fourth-order valence-electron chi connectivity index (χ4n) is 2.94. The van der Waals surface area contributed by atoms with Crippen molar-refractivity contribution in [2.75, 3.05) is 20.3 Å². The average molecular weight is 377 g/mol. The van der Waals surface area contributed by atoms with E-state index < -0.39 is 0 Å². The summed E-state index contributed by atoms with van der Waals surface area (Å²) in [5.74, 6) is 2.33. The molecule has 1 N–H and O–H groups in total. The highest BCUT2D eigenvalue weighted by Gasteiger charge is 2.13. The number of aliphatic hydroxyl groups is 1. The molecule has 0 unspecified atom stereocenters. The average Bonchev–Trinajstić information content (AvgIpc) is 2.72. The Kier molecular flexibility index (Phi) is 4.90. The number of ether oxygens (including phenoxy) is 3. The van der Waals surface area contributed by atoms with Crippen molar-refractivity contribution in [1.29, 1.82) is 0 Å². The molecule has 3 aromatic heterocycles. The van der Waals surface area contributed by atoms with Crippen LogP contribution in [0.2, 0.25) is 0 Å². The molecule has 0 bridgehead atoms. The summed E-state index contributed by atoms with van der Waals surface area (Å²) in [5, 5.41) is 10.7. The maximum absolute atomic E-state index is 9.00. The van der Waals surface area contributed by atoms with Crippen molar-refractivity contribution in [2.45, 2.75) is 6.92 Å². The molecule has 0 spiro atoms. The number of aryl methyl sites for hydroxylation is 1. The number of aromatic nitrogens is 3. The van der Waals surface area contributed by atoms with E-state index in [2.05, 4.69) is 15.0 Å². The number of pyridine rings is 3. The first kappa shape index (κ1) is 17.9. The minimum absolute atomic E-state index is 0.0825. The first-order chi connectivity index (χ1) is 13.7. The molecule has 7 nitrogen and oxygen atoms in total. The molecule has 0 fully saturated rings. The molecule has 0 saturated carbocycles. The number of hydrogen-bond donors (Lipinski definition) is 1. The summed E-state index contributed by atoms with van der Waals surface area (Å²) >= 11 is 0. The van der Waals surface area contributed by atoms with E-state index in [0.717, 1.165) is 16.5 Å². The third-order valence-electron chi connectivity index (χ3n) is 4.29. The number of benzene rings is 1. The standard InChI is InChI=1S/C21H19N3O4/c1-13-18(10-14-4-3-6-23-21(14)24-13)28-17-5-7-22-16-12-20(27-9-8-25)19(26-2)11-15(16)17/h3-7,10-12,25H,8-9H2,1-2H3. The number of aliphatic hydroxyl groups excluding tert-OH is 1. The van der Waals surface area contributed by atoms with Crippen LogP contribution in [0.3, 0.4) is 0 Å². The predicted octanol–water partition coefficient (Wildman–Crippen LogP) is 3.66. The minimum atomic E-state index is -0.0825. The first-order valence-electron chi connectivity index (χ1n) is 8.80. The highest BCUT2D eigenvalue weighted by Crippen LogP contribution is 2.37. The normalized spacial score (nSPS) is 11.0. The van der Waals surface area contributed by atoms with Gasteiger partial charge in [-0.15, -0.1) is 0 Å². The van der Waals surface area contributed by atoms with Crippen LogP contribution in [0.15, 0.2) is 48.8 Å². The van der Waals surface area contributed by atoms with Crippen LogP contribution in [0, 0.1) is 6.92 Å². The molecule has 0 atom stereocenters. The Bertz CT molecular complexity index is 1150. The van der Waals surface area contributed by atoms with Gasteiger partial charge in [-0.3, -0.25) is 4.98 Å². The van der Waals surface area contributed by atoms with Gasteiger partial charge in [0.2, 0.25) is 0 Å². The zero-order valence-corrected chi connectivity index (χ0v) is 15.5. The van der Waals surface area contributed by atoms with Crippen LogP contribution in [0.1, 0.15) is 5.69 Å². The predicted molar refractivity (Wildman–Crippen MR) is 105 cm³/mol. The van der Waals surface area contributed by atoms with E-state index in [1.807, 2.05) is 31.2 Å². The number of methoxy groups -OCH3 is 1. The first-order valence-corrected chi connectivity index (χ1v) is 8.80. The Labute approximate surface area is 161 Å². The van der Waals surface area contributed by atoms with Crippen LogP contribution < -0.4 is 14.2 Å². The van der Waals surface area contributed by atoms with Gasteiger partial charge < -0.3 is 19.3 Å². The lowest BCUT2D eigenvalue weighted by Crippen LogP contribution is -2.03. The van der Waals surface area contributed by atoms with Crippen LogP contribution in [0.25, 0.3) is 21.9 Å². The van der Waals surface area contributed by atoms with Gasteiger partial charge in [0, 0.05) is 29.2 Å². The fraction of sp³-hybridized carbons (Fsp3) is 0.190. The molecular weight excluding hydrogens is 358 g/mol. The Morgan fingerprint density at radius 1 is 0.964 bits per heavy atom. The number of rotatable bonds is 6. The quantitative estimate of drug-likeness (QED) is 0.549. The van der Waals surface area contributed by atoms with E-state index in [1.165, 1.54) is 0 Å². The van der Waals surface area contributed by atoms with Gasteiger partial charge >= 0.3 is 0 Å². The lowest BCUT2D eigenvalue weighted by molar-refractivity contribution is 0.196. The SMILES string of the molecule is COc1cc2c(Oc3cc4cccnc4nc3C)ccnc2cc1OCCO. The van der Waals surface area contributed by atoms with Crippen LogP contribution in [0.5, 0.6) is 23.0 Å². The van der Waals surface area contributed by atoms with Crippen LogP contribution in [-0.4, -0.2) is 40.4 Å². The molecular formula is C21H19N3O4. The maximum atomic E-state index is 9.00. The topological polar surface area (TPSA) is 86.6 Å². The molecule has 0 aliphatic carbocycles. The van der Waals surface area contributed by atoms with Crippen LogP contribution >= 0.6 is 0 Å². The van der Waals surface area contributed by atoms with E-state index in [-0.39, 0.29) is 13.2 Å². The van der Waals surface area contributed by atoms with Gasteiger partial charge in [0.1, 0.15) is 18.1 Å². The molecule has 0 amide bonds. The van der Waals surface area contributed by atoms with Gasteiger partial charge in [0.25, 0.3) is 0 Å². The summed E-state index contributed by atoms with van der Waals surface area (Å²) in [6.07, 6.45) is 3.39. The van der Waals surface area contributed by atoms with E-state index in [0.29, 0.717) is 34.2 Å². The summed E-state index contributed by atoms with van der Waals surface area (Å²) in [4.78, 5) is 13.2. The van der Waals surface area contributed by atoms with E-state index in [1.54, 1.807) is 31.6 Å². The smallest absolute Gasteiger partial charge is 0.163 e. The Balaban J connectivity index is 1.77. The molecule has 0 saturated heterocycles. The lowest BCUT2D eigenvalue weighted by Gasteiger charge is -2.14. The molecule has 0 aliphatic rings. The van der Waals surface area contributed by atoms with Crippen LogP contribution in [0.4, 0.5) is 0 Å². The highest BCUT2D eigenvalue weighted by atomic mass is 16.5. The molecule has 3 heterocycles. The van der Waals surface area contributed by atoms with E-state index >= 15 is 0 Å². The highest BCUT2D eigenvalue weighted by molar-refractivity contribution is 5.88. The van der Waals surface area contributed by atoms with E-state index in [4.69, 9.17) is 19.3 Å². The van der Waals surface area contributed by atoms with Gasteiger partial charge in [-0.25, -0.2) is 9.97 Å².